The van der Waals surface area contributed by atoms with Crippen molar-refractivity contribution in [3.05, 3.63) is 131 Å². The van der Waals surface area contributed by atoms with Crippen molar-refractivity contribution < 1.29 is 86.6 Å². The van der Waals surface area contributed by atoms with E-state index in [2.05, 4.69) is 20.9 Å². The van der Waals surface area contributed by atoms with Crippen LogP contribution in [0.25, 0.3) is 0 Å². The topological polar surface area (TPSA) is 306 Å². The van der Waals surface area contributed by atoms with Crippen LogP contribution in [0.2, 0.25) is 0 Å². The molecule has 23 nitrogen and oxygen atoms in total. The van der Waals surface area contributed by atoms with Crippen molar-refractivity contribution in [3.8, 4) is 0 Å². The molecule has 426 valence electrons. The fourth-order valence-corrected chi connectivity index (χ4v) is 11.7. The average molecular weight is 1110 g/mol. The van der Waals surface area contributed by atoms with E-state index >= 15 is 9.59 Å². The van der Waals surface area contributed by atoms with E-state index in [4.69, 9.17) is 38.0 Å². The van der Waals surface area contributed by atoms with E-state index in [0.29, 0.717) is 18.5 Å². The van der Waals surface area contributed by atoms with Crippen LogP contribution in [-0.4, -0.2) is 154 Å². The lowest BCUT2D eigenvalue weighted by Crippen LogP contribution is -2.82. The summed E-state index contributed by atoms with van der Waals surface area (Å²) in [6.07, 6.45) is -8.66. The van der Waals surface area contributed by atoms with E-state index in [9.17, 15) is 39.0 Å². The monoisotopic (exact) mass is 1110 g/mol. The lowest BCUT2D eigenvalue weighted by molar-refractivity contribution is -0.346. The molecule has 4 aromatic rings. The minimum Gasteiger partial charge on any atom is -0.455 e. The molecule has 1 aliphatic heterocycles. The van der Waals surface area contributed by atoms with Crippen LogP contribution >= 0.6 is 0 Å². The number of aryl methyl sites for hydroxylation is 1. The Balaban J connectivity index is 1.18. The number of Topliss-reactive ketones (excluding diaryl/α,β-unsaturated/α-hetero) is 1. The van der Waals surface area contributed by atoms with Gasteiger partial charge in [-0.1, -0.05) is 85.4 Å². The summed E-state index contributed by atoms with van der Waals surface area (Å²) in [7, 11) is 1.43. The molecule has 3 fully saturated rings. The number of hydrogen-bond acceptors (Lipinski definition) is 20. The molecule has 8 rings (SSSR count). The standard InChI is InChI=1S/C57H65N5O18/c1-32-39(77-53(71)47(45(35-18-11-8-12-19-35)59-51(69)36-20-13-9-14-21-36)78-43(67)30-74-29-42(66)58-25-17-24-38-28-62(73-7)61-60-38)27-57(72)50(79-52(70)37-22-15-10-16-23-37)48-55(6,40(65)26-41-56(48,31-75-41)80-34(3)64)49(68)46(76-33(2)63)44(32)54(57,4)5/h8-16,18-23,28,39-41,45-48,50,65,72H,17,24-27,29-31H2,1-7H3,(H,58,66)(H,59,69)/t39-,40-,41+,45-,46+,47+,48?,50-,55+,56-,57+/m0/s1. The van der Waals surface area contributed by atoms with Crippen molar-refractivity contribution in [1.29, 1.82) is 0 Å². The van der Waals surface area contributed by atoms with E-state index in [-0.39, 0.29) is 47.4 Å². The third kappa shape index (κ3) is 11.4. The van der Waals surface area contributed by atoms with Gasteiger partial charge < -0.3 is 58.8 Å². The molecule has 2 heterocycles. The van der Waals surface area contributed by atoms with Crippen molar-refractivity contribution >= 4 is 47.4 Å². The molecule has 4 aliphatic rings. The van der Waals surface area contributed by atoms with Crippen molar-refractivity contribution in [2.24, 2.45) is 16.7 Å². The van der Waals surface area contributed by atoms with Crippen LogP contribution < -0.4 is 15.5 Å². The van der Waals surface area contributed by atoms with Crippen molar-refractivity contribution in [2.45, 2.75) is 121 Å². The molecule has 1 aromatic heterocycles. The largest absolute Gasteiger partial charge is 0.455 e. The van der Waals surface area contributed by atoms with E-state index in [1.165, 1.54) is 63.9 Å². The quantitative estimate of drug-likeness (QED) is 0.0428. The number of aliphatic hydroxyl groups excluding tert-OH is 1. The number of fused-ring (bicyclic) bond motifs is 5. The first-order valence-corrected chi connectivity index (χ1v) is 26.1. The van der Waals surface area contributed by atoms with Crippen LogP contribution in [0.5, 0.6) is 0 Å². The minimum absolute atomic E-state index is 0.0202. The van der Waals surface area contributed by atoms with Gasteiger partial charge in [-0.05, 0) is 72.9 Å². The molecular weight excluding hydrogens is 1040 g/mol. The number of esters is 5. The second-order valence-electron chi connectivity index (χ2n) is 21.1. The predicted octanol–water partition coefficient (Wildman–Crippen LogP) is 2.70. The molecule has 80 heavy (non-hydrogen) atoms. The normalized spacial score (nSPS) is 27.1. The number of benzene rings is 3. The Morgan fingerprint density at radius 1 is 0.863 bits per heavy atom. The van der Waals surface area contributed by atoms with Gasteiger partial charge in [-0.25, -0.2) is 14.4 Å². The van der Waals surface area contributed by atoms with Crippen molar-refractivity contribution in [2.75, 3.05) is 33.5 Å². The Bertz CT molecular complexity index is 3010. The van der Waals surface area contributed by atoms with Crippen LogP contribution in [-0.2, 0) is 68.3 Å². The Morgan fingerprint density at radius 3 is 2.11 bits per heavy atom. The van der Waals surface area contributed by atoms with Gasteiger partial charge in [0.05, 0.1) is 41.5 Å². The summed E-state index contributed by atoms with van der Waals surface area (Å²) >= 11 is 0. The van der Waals surface area contributed by atoms with Gasteiger partial charge >= 0.3 is 29.8 Å². The number of amides is 2. The summed E-state index contributed by atoms with van der Waals surface area (Å²) in [5.41, 5.74) is -7.20. The van der Waals surface area contributed by atoms with Crippen LogP contribution in [0, 0.1) is 16.7 Å². The number of aromatic nitrogens is 3. The molecule has 3 aromatic carbocycles. The van der Waals surface area contributed by atoms with Crippen molar-refractivity contribution in [1.82, 2.24) is 25.8 Å². The van der Waals surface area contributed by atoms with E-state index in [1.54, 1.807) is 72.9 Å². The third-order valence-electron chi connectivity index (χ3n) is 15.8. The van der Waals surface area contributed by atoms with Crippen LogP contribution in [0.3, 0.4) is 0 Å². The molecule has 1 saturated heterocycles. The summed E-state index contributed by atoms with van der Waals surface area (Å²) < 4.78 is 42.2. The Kier molecular flexibility index (Phi) is 17.4. The molecular formula is C57H65N5O18. The summed E-state index contributed by atoms with van der Waals surface area (Å²) in [6, 6.07) is 22.2. The highest BCUT2D eigenvalue weighted by Crippen LogP contribution is 2.64. The number of hydrogen-bond donors (Lipinski definition) is 4. The predicted molar refractivity (Wildman–Crippen MR) is 276 cm³/mol. The maximum atomic E-state index is 15.8. The first kappa shape index (κ1) is 58.3. The highest BCUT2D eigenvalue weighted by Gasteiger charge is 2.78. The van der Waals surface area contributed by atoms with Gasteiger partial charge in [0.15, 0.2) is 17.5 Å². The third-order valence-corrected chi connectivity index (χ3v) is 15.8. The zero-order chi connectivity index (χ0) is 57.7. The first-order chi connectivity index (χ1) is 38.0. The van der Waals surface area contributed by atoms with Crippen LogP contribution in [0.1, 0.15) is 98.8 Å². The summed E-state index contributed by atoms with van der Waals surface area (Å²) in [5.74, 6) is -9.06. The fourth-order valence-electron chi connectivity index (χ4n) is 11.7. The second-order valence-corrected chi connectivity index (χ2v) is 21.1. The van der Waals surface area contributed by atoms with Gasteiger partial charge in [0.2, 0.25) is 12.0 Å². The number of ketones is 1. The van der Waals surface area contributed by atoms with Crippen molar-refractivity contribution in [3.63, 3.8) is 0 Å². The first-order valence-electron chi connectivity index (χ1n) is 26.1. The summed E-state index contributed by atoms with van der Waals surface area (Å²) in [4.78, 5) is 119. The highest BCUT2D eigenvalue weighted by atomic mass is 16.7. The SMILES string of the molecule is COn1cc(CCCNC(=O)COCC(=O)O[C@@H](C(=O)O[C@H]2C[C@@]3(O)[C@@H](OC(=O)c4ccccc4)C4[C@](C)(C(=O)[C@H](OC(C)=O)C(=C2C)C3(C)C)[C@@H](O)C[C@H]2OC[C@@]42OC(C)=O)[C@@H](NC(=O)c2ccccc2)c2ccccc2)nn1. The van der Waals surface area contributed by atoms with Gasteiger partial charge in [-0.3, -0.25) is 24.0 Å². The number of carbonyl (C=O) groups is 8. The van der Waals surface area contributed by atoms with Crippen LogP contribution in [0.4, 0.5) is 0 Å². The van der Waals surface area contributed by atoms with Gasteiger partial charge in [0, 0.05) is 44.2 Å². The maximum absolute atomic E-state index is 15.8. The van der Waals surface area contributed by atoms with Gasteiger partial charge in [-0.2, -0.15) is 0 Å². The van der Waals surface area contributed by atoms with Crippen LogP contribution in [0.15, 0.2) is 108 Å². The number of rotatable bonds is 20. The Hall–Kier alpha value is -7.86. The number of nitrogens with one attached hydrogen (secondary N) is 2. The summed E-state index contributed by atoms with van der Waals surface area (Å²) in [5, 5.41) is 39.5. The molecule has 1 unspecified atom stereocenters. The second kappa shape index (κ2) is 23.8. The van der Waals surface area contributed by atoms with Gasteiger partial charge in [-0.15, -0.1) is 5.10 Å². The Morgan fingerprint density at radius 2 is 1.51 bits per heavy atom. The average Bonchev–Trinajstić information content (AvgIpc) is 4.00. The number of carbonyl (C=O) groups excluding carboxylic acids is 8. The molecule has 2 bridgehead atoms. The molecule has 11 atom stereocenters. The molecule has 23 heteroatoms. The molecule has 0 radical (unpaired) electrons. The van der Waals surface area contributed by atoms with E-state index in [0.717, 1.165) is 13.8 Å². The highest BCUT2D eigenvalue weighted by molar-refractivity contribution is 5.96. The molecule has 2 saturated carbocycles. The number of aliphatic hydroxyl groups is 2. The maximum Gasteiger partial charge on any atom is 0.350 e. The van der Waals surface area contributed by atoms with E-state index in [1.807, 2.05) is 0 Å². The van der Waals surface area contributed by atoms with E-state index < -0.39 is 138 Å². The number of ether oxygens (including phenoxy) is 7. The molecule has 4 N–H and O–H groups in total. The summed E-state index contributed by atoms with van der Waals surface area (Å²) in [6.45, 7) is 6.48. The minimum atomic E-state index is -2.52. The lowest BCUT2D eigenvalue weighted by Gasteiger charge is -2.67. The van der Waals surface area contributed by atoms with Gasteiger partial charge in [0.25, 0.3) is 5.91 Å². The zero-order valence-corrected chi connectivity index (χ0v) is 45.3. The lowest BCUT2D eigenvalue weighted by atomic mass is 9.44. The van der Waals surface area contributed by atoms with Gasteiger partial charge in [0.1, 0.15) is 50.3 Å². The molecule has 3 aliphatic carbocycles. The smallest absolute Gasteiger partial charge is 0.350 e. The zero-order valence-electron chi connectivity index (χ0n) is 45.3. The Labute approximate surface area is 460 Å². The fraction of sp³-hybridized carbons (Fsp3) is 0.474. The molecule has 0 spiro atoms. The number of nitrogens with zero attached hydrogens (tertiary/aromatic N) is 3. The molecule has 2 amide bonds.